The van der Waals surface area contributed by atoms with Crippen LogP contribution in [0, 0.1) is 13.8 Å². The summed E-state index contributed by atoms with van der Waals surface area (Å²) < 4.78 is 5.93. The zero-order chi connectivity index (χ0) is 17.0. The molecule has 0 aliphatic heterocycles. The second kappa shape index (κ2) is 7.27. The van der Waals surface area contributed by atoms with Crippen molar-refractivity contribution in [1.82, 2.24) is 9.88 Å². The van der Waals surface area contributed by atoms with Crippen molar-refractivity contribution in [3.63, 3.8) is 0 Å². The lowest BCUT2D eigenvalue weighted by atomic mass is 10.0. The summed E-state index contributed by atoms with van der Waals surface area (Å²) in [5, 5.41) is 0. The summed E-state index contributed by atoms with van der Waals surface area (Å²) in [4.78, 5) is 18.3. The Bertz CT molecular complexity index is 658. The van der Waals surface area contributed by atoms with Crippen molar-refractivity contribution in [2.75, 3.05) is 7.05 Å². The van der Waals surface area contributed by atoms with Crippen LogP contribution in [0.1, 0.15) is 40.9 Å². The van der Waals surface area contributed by atoms with E-state index in [0.717, 1.165) is 22.4 Å². The SMILES string of the molecule is Cc1cc(C(=O)N(C)C(C)C)cc(C)c1OCc1cccnc1. The van der Waals surface area contributed by atoms with Crippen LogP contribution in [0.2, 0.25) is 0 Å². The van der Waals surface area contributed by atoms with Crippen LogP contribution in [-0.2, 0) is 6.61 Å². The number of ether oxygens (including phenoxy) is 1. The van der Waals surface area contributed by atoms with Crippen molar-refractivity contribution in [2.45, 2.75) is 40.3 Å². The Morgan fingerprint density at radius 3 is 2.43 bits per heavy atom. The average molecular weight is 312 g/mol. The van der Waals surface area contributed by atoms with Gasteiger partial charge >= 0.3 is 0 Å². The average Bonchev–Trinajstić information content (AvgIpc) is 2.53. The Labute approximate surface area is 138 Å². The topological polar surface area (TPSA) is 42.4 Å². The molecule has 0 aliphatic rings. The number of aromatic nitrogens is 1. The van der Waals surface area contributed by atoms with E-state index in [1.165, 1.54) is 0 Å². The maximum Gasteiger partial charge on any atom is 0.253 e. The molecule has 1 amide bonds. The van der Waals surface area contributed by atoms with Gasteiger partial charge in [0, 0.05) is 36.6 Å². The van der Waals surface area contributed by atoms with E-state index in [-0.39, 0.29) is 11.9 Å². The third kappa shape index (κ3) is 4.09. The van der Waals surface area contributed by atoms with E-state index in [4.69, 9.17) is 4.74 Å². The van der Waals surface area contributed by atoms with Gasteiger partial charge in [0.1, 0.15) is 12.4 Å². The van der Waals surface area contributed by atoms with Gasteiger partial charge in [-0.05, 0) is 57.0 Å². The molecular formula is C19H24N2O2. The van der Waals surface area contributed by atoms with Crippen LogP contribution in [0.3, 0.4) is 0 Å². The number of carbonyl (C=O) groups is 1. The smallest absolute Gasteiger partial charge is 0.253 e. The minimum absolute atomic E-state index is 0.0324. The minimum Gasteiger partial charge on any atom is -0.488 e. The summed E-state index contributed by atoms with van der Waals surface area (Å²) >= 11 is 0. The van der Waals surface area contributed by atoms with Crippen LogP contribution in [-0.4, -0.2) is 28.9 Å². The van der Waals surface area contributed by atoms with Gasteiger partial charge in [0.2, 0.25) is 0 Å². The molecule has 1 aromatic carbocycles. The summed E-state index contributed by atoms with van der Waals surface area (Å²) in [6.07, 6.45) is 3.53. The largest absolute Gasteiger partial charge is 0.488 e. The van der Waals surface area contributed by atoms with Gasteiger partial charge in [-0.25, -0.2) is 0 Å². The van der Waals surface area contributed by atoms with Gasteiger partial charge in [-0.1, -0.05) is 6.07 Å². The lowest BCUT2D eigenvalue weighted by Gasteiger charge is -2.22. The van der Waals surface area contributed by atoms with Gasteiger partial charge in [-0.3, -0.25) is 9.78 Å². The molecule has 4 nitrogen and oxygen atoms in total. The molecule has 0 unspecified atom stereocenters. The fraction of sp³-hybridized carbons (Fsp3) is 0.368. The number of nitrogens with zero attached hydrogens (tertiary/aromatic N) is 2. The number of pyridine rings is 1. The van der Waals surface area contributed by atoms with Gasteiger partial charge in [-0.15, -0.1) is 0 Å². The predicted molar refractivity (Wildman–Crippen MR) is 91.7 cm³/mol. The highest BCUT2D eigenvalue weighted by molar-refractivity contribution is 5.95. The summed E-state index contributed by atoms with van der Waals surface area (Å²) in [6, 6.07) is 7.83. The molecule has 0 saturated carbocycles. The van der Waals surface area contributed by atoms with E-state index in [2.05, 4.69) is 4.98 Å². The zero-order valence-electron chi connectivity index (χ0n) is 14.5. The zero-order valence-corrected chi connectivity index (χ0v) is 14.5. The maximum absolute atomic E-state index is 12.5. The Kier molecular flexibility index (Phi) is 5.37. The lowest BCUT2D eigenvalue weighted by Crippen LogP contribution is -2.33. The monoisotopic (exact) mass is 312 g/mol. The van der Waals surface area contributed by atoms with E-state index in [9.17, 15) is 4.79 Å². The first-order valence-electron chi connectivity index (χ1n) is 7.80. The number of hydrogen-bond donors (Lipinski definition) is 0. The predicted octanol–water partition coefficient (Wildman–Crippen LogP) is 3.76. The second-order valence-electron chi connectivity index (χ2n) is 6.10. The van der Waals surface area contributed by atoms with Crippen LogP contribution in [0.15, 0.2) is 36.7 Å². The molecule has 0 atom stereocenters. The number of carbonyl (C=O) groups excluding carboxylic acids is 1. The van der Waals surface area contributed by atoms with Gasteiger partial charge in [0.15, 0.2) is 0 Å². The van der Waals surface area contributed by atoms with Crippen molar-refractivity contribution in [3.05, 3.63) is 58.9 Å². The van der Waals surface area contributed by atoms with Crippen LogP contribution in [0.5, 0.6) is 5.75 Å². The summed E-state index contributed by atoms with van der Waals surface area (Å²) in [5.74, 6) is 0.864. The molecule has 0 fully saturated rings. The molecule has 0 bridgehead atoms. The Morgan fingerprint density at radius 1 is 1.26 bits per heavy atom. The minimum atomic E-state index is 0.0324. The van der Waals surface area contributed by atoms with Crippen LogP contribution < -0.4 is 4.74 Å². The third-order valence-electron chi connectivity index (χ3n) is 3.91. The molecule has 0 N–H and O–H groups in total. The lowest BCUT2D eigenvalue weighted by molar-refractivity contribution is 0.0754. The van der Waals surface area contributed by atoms with Crippen molar-refractivity contribution in [2.24, 2.45) is 0 Å². The van der Waals surface area contributed by atoms with Gasteiger partial charge < -0.3 is 9.64 Å². The molecular weight excluding hydrogens is 288 g/mol. The number of hydrogen-bond acceptors (Lipinski definition) is 3. The van der Waals surface area contributed by atoms with Gasteiger partial charge in [-0.2, -0.15) is 0 Å². The molecule has 2 aromatic rings. The van der Waals surface area contributed by atoms with Crippen LogP contribution in [0.4, 0.5) is 0 Å². The normalized spacial score (nSPS) is 10.7. The first kappa shape index (κ1) is 17.0. The highest BCUT2D eigenvalue weighted by Crippen LogP contribution is 2.26. The van der Waals surface area contributed by atoms with Crippen LogP contribution >= 0.6 is 0 Å². The third-order valence-corrected chi connectivity index (χ3v) is 3.91. The molecule has 122 valence electrons. The Balaban J connectivity index is 2.19. The number of benzene rings is 1. The standard InChI is InChI=1S/C19H24N2O2/c1-13(2)21(5)19(22)17-9-14(3)18(15(4)10-17)23-12-16-7-6-8-20-11-16/h6-11,13H,12H2,1-5H3. The summed E-state index contributed by atoms with van der Waals surface area (Å²) in [5.41, 5.74) is 3.65. The van der Waals surface area contributed by atoms with Gasteiger partial charge in [0.05, 0.1) is 0 Å². The van der Waals surface area contributed by atoms with Crippen molar-refractivity contribution >= 4 is 5.91 Å². The van der Waals surface area contributed by atoms with Crippen LogP contribution in [0.25, 0.3) is 0 Å². The molecule has 1 heterocycles. The first-order valence-corrected chi connectivity index (χ1v) is 7.80. The number of aryl methyl sites for hydroxylation is 2. The fourth-order valence-corrected chi connectivity index (χ4v) is 2.38. The summed E-state index contributed by atoms with van der Waals surface area (Å²) in [6.45, 7) is 8.41. The number of rotatable bonds is 5. The van der Waals surface area contributed by atoms with E-state index in [1.54, 1.807) is 17.3 Å². The molecule has 0 aliphatic carbocycles. The van der Waals surface area contributed by atoms with Crippen molar-refractivity contribution < 1.29 is 9.53 Å². The highest BCUT2D eigenvalue weighted by Gasteiger charge is 2.17. The van der Waals surface area contributed by atoms with E-state index in [1.807, 2.05) is 59.0 Å². The molecule has 2 rings (SSSR count). The highest BCUT2D eigenvalue weighted by atomic mass is 16.5. The molecule has 4 heteroatoms. The molecule has 0 radical (unpaired) electrons. The Morgan fingerprint density at radius 2 is 1.91 bits per heavy atom. The molecule has 0 saturated heterocycles. The summed E-state index contributed by atoms with van der Waals surface area (Å²) in [7, 11) is 1.82. The van der Waals surface area contributed by atoms with Crippen molar-refractivity contribution in [3.8, 4) is 5.75 Å². The molecule has 0 spiro atoms. The Hall–Kier alpha value is -2.36. The molecule has 1 aromatic heterocycles. The number of amides is 1. The van der Waals surface area contributed by atoms with Gasteiger partial charge in [0.25, 0.3) is 5.91 Å². The first-order chi connectivity index (χ1) is 10.9. The second-order valence-corrected chi connectivity index (χ2v) is 6.10. The molecule has 23 heavy (non-hydrogen) atoms. The quantitative estimate of drug-likeness (QED) is 0.844. The van der Waals surface area contributed by atoms with Crippen molar-refractivity contribution in [1.29, 1.82) is 0 Å². The fourth-order valence-electron chi connectivity index (χ4n) is 2.38. The maximum atomic E-state index is 12.5. The van der Waals surface area contributed by atoms with E-state index in [0.29, 0.717) is 12.2 Å². The van der Waals surface area contributed by atoms with E-state index >= 15 is 0 Å². The van der Waals surface area contributed by atoms with E-state index < -0.39 is 0 Å².